The van der Waals surface area contributed by atoms with Crippen molar-refractivity contribution in [3.8, 4) is 11.5 Å². The lowest BCUT2D eigenvalue weighted by atomic mass is 10.2. The topological polar surface area (TPSA) is 58.6 Å². The molecular formula is C15H12BrCl2NO3. The minimum atomic E-state index is -0.477. The zero-order valence-electron chi connectivity index (χ0n) is 11.5. The molecule has 0 spiro atoms. The van der Waals surface area contributed by atoms with E-state index < -0.39 is 5.91 Å². The predicted molar refractivity (Wildman–Crippen MR) is 91.4 cm³/mol. The van der Waals surface area contributed by atoms with Crippen LogP contribution in [0.2, 0.25) is 10.0 Å². The van der Waals surface area contributed by atoms with Crippen LogP contribution in [0.25, 0.3) is 0 Å². The van der Waals surface area contributed by atoms with Gasteiger partial charge < -0.3 is 15.2 Å². The normalized spacial score (nSPS) is 10.4. The number of benzene rings is 2. The van der Waals surface area contributed by atoms with Crippen LogP contribution >= 0.6 is 39.1 Å². The monoisotopic (exact) mass is 403 g/mol. The second-order valence-corrected chi connectivity index (χ2v) is 6.05. The van der Waals surface area contributed by atoms with Crippen molar-refractivity contribution in [2.45, 2.75) is 6.92 Å². The molecule has 0 unspecified atom stereocenters. The lowest BCUT2D eigenvalue weighted by molar-refractivity contribution is 0.102. The molecule has 0 aliphatic heterocycles. The van der Waals surface area contributed by atoms with Gasteiger partial charge in [0.05, 0.1) is 22.2 Å². The van der Waals surface area contributed by atoms with E-state index in [0.717, 1.165) is 0 Å². The van der Waals surface area contributed by atoms with Gasteiger partial charge in [-0.05, 0) is 37.3 Å². The molecule has 0 aliphatic carbocycles. The second-order valence-electron chi connectivity index (χ2n) is 4.32. The maximum atomic E-state index is 12.2. The fourth-order valence-corrected chi connectivity index (χ4v) is 2.76. The summed E-state index contributed by atoms with van der Waals surface area (Å²) in [5.74, 6) is -0.229. The van der Waals surface area contributed by atoms with Gasteiger partial charge in [0.2, 0.25) is 0 Å². The molecule has 0 aromatic heterocycles. The van der Waals surface area contributed by atoms with E-state index in [1.807, 2.05) is 6.92 Å². The number of phenolic OH excluding ortho intramolecular Hbond substituents is 1. The Bertz CT molecular complexity index is 699. The van der Waals surface area contributed by atoms with Crippen LogP contribution in [-0.2, 0) is 0 Å². The van der Waals surface area contributed by atoms with E-state index in [9.17, 15) is 9.90 Å². The molecule has 1 amide bonds. The highest BCUT2D eigenvalue weighted by molar-refractivity contribution is 9.10. The van der Waals surface area contributed by atoms with Crippen molar-refractivity contribution in [3.63, 3.8) is 0 Å². The van der Waals surface area contributed by atoms with Gasteiger partial charge in [-0.2, -0.15) is 0 Å². The molecule has 116 valence electrons. The SMILES string of the molecule is CCOc1c(Cl)cc(NC(=O)c2cc(Br)ccc2O)cc1Cl. The van der Waals surface area contributed by atoms with Crippen molar-refractivity contribution in [3.05, 3.63) is 50.4 Å². The number of carbonyl (C=O) groups is 1. The Morgan fingerprint density at radius 3 is 2.50 bits per heavy atom. The molecule has 4 nitrogen and oxygen atoms in total. The van der Waals surface area contributed by atoms with Gasteiger partial charge in [-0.25, -0.2) is 0 Å². The summed E-state index contributed by atoms with van der Waals surface area (Å²) in [5, 5.41) is 13.0. The maximum absolute atomic E-state index is 12.2. The largest absolute Gasteiger partial charge is 0.507 e. The number of rotatable bonds is 4. The molecule has 2 aromatic carbocycles. The number of hydrogen-bond acceptors (Lipinski definition) is 3. The highest BCUT2D eigenvalue weighted by Gasteiger charge is 2.15. The van der Waals surface area contributed by atoms with Gasteiger partial charge in [-0.3, -0.25) is 4.79 Å². The maximum Gasteiger partial charge on any atom is 0.259 e. The Hall–Kier alpha value is -1.43. The Morgan fingerprint density at radius 2 is 1.91 bits per heavy atom. The van der Waals surface area contributed by atoms with Crippen molar-refractivity contribution in [2.75, 3.05) is 11.9 Å². The lowest BCUT2D eigenvalue weighted by Gasteiger charge is -2.12. The summed E-state index contributed by atoms with van der Waals surface area (Å²) in [6, 6.07) is 7.65. The van der Waals surface area contributed by atoms with Crippen LogP contribution in [0, 0.1) is 0 Å². The minimum Gasteiger partial charge on any atom is -0.507 e. The van der Waals surface area contributed by atoms with Gasteiger partial charge in [-0.1, -0.05) is 39.1 Å². The fourth-order valence-electron chi connectivity index (χ4n) is 1.80. The summed E-state index contributed by atoms with van der Waals surface area (Å²) in [6.45, 7) is 2.25. The van der Waals surface area contributed by atoms with E-state index in [1.54, 1.807) is 6.07 Å². The number of carbonyl (C=O) groups excluding carboxylic acids is 1. The molecule has 2 aromatic rings. The first kappa shape index (κ1) is 16.9. The average molecular weight is 405 g/mol. The Balaban J connectivity index is 2.27. The van der Waals surface area contributed by atoms with Crippen LogP contribution in [0.3, 0.4) is 0 Å². The Labute approximate surface area is 146 Å². The average Bonchev–Trinajstić information content (AvgIpc) is 2.45. The van der Waals surface area contributed by atoms with Gasteiger partial charge in [-0.15, -0.1) is 0 Å². The molecule has 7 heteroatoms. The standard InChI is InChI=1S/C15H12BrCl2NO3/c1-2-22-14-11(17)6-9(7-12(14)18)19-15(21)10-5-8(16)3-4-13(10)20/h3-7,20H,2H2,1H3,(H,19,21). The first-order chi connectivity index (χ1) is 10.4. The van der Waals surface area contributed by atoms with Gasteiger partial charge in [0, 0.05) is 10.2 Å². The summed E-state index contributed by atoms with van der Waals surface area (Å²) in [6.07, 6.45) is 0. The summed E-state index contributed by atoms with van der Waals surface area (Å²) in [4.78, 5) is 12.2. The highest BCUT2D eigenvalue weighted by atomic mass is 79.9. The zero-order valence-corrected chi connectivity index (χ0v) is 14.6. The molecule has 0 saturated carbocycles. The van der Waals surface area contributed by atoms with Crippen LogP contribution in [0.1, 0.15) is 17.3 Å². The molecule has 2 N–H and O–H groups in total. The summed E-state index contributed by atoms with van der Waals surface area (Å²) in [7, 11) is 0. The number of phenols is 1. The molecular weight excluding hydrogens is 393 g/mol. The van der Waals surface area contributed by atoms with Crippen LogP contribution in [0.4, 0.5) is 5.69 Å². The van der Waals surface area contributed by atoms with Crippen LogP contribution in [-0.4, -0.2) is 17.6 Å². The molecule has 0 atom stereocenters. The van der Waals surface area contributed by atoms with E-state index in [2.05, 4.69) is 21.2 Å². The van der Waals surface area contributed by atoms with Crippen LogP contribution in [0.5, 0.6) is 11.5 Å². The molecule has 0 saturated heterocycles. The van der Waals surface area contributed by atoms with Crippen molar-refractivity contribution >= 4 is 50.7 Å². The van der Waals surface area contributed by atoms with Gasteiger partial charge in [0.15, 0.2) is 5.75 Å². The highest BCUT2D eigenvalue weighted by Crippen LogP contribution is 2.36. The quantitative estimate of drug-likeness (QED) is 0.743. The fraction of sp³-hybridized carbons (Fsp3) is 0.133. The van der Waals surface area contributed by atoms with Crippen molar-refractivity contribution in [2.24, 2.45) is 0 Å². The Morgan fingerprint density at radius 1 is 1.27 bits per heavy atom. The third kappa shape index (κ3) is 3.85. The van der Waals surface area contributed by atoms with E-state index in [1.165, 1.54) is 24.3 Å². The number of nitrogens with one attached hydrogen (secondary N) is 1. The Kier molecular flexibility index (Phi) is 5.56. The van der Waals surface area contributed by atoms with Crippen LogP contribution < -0.4 is 10.1 Å². The summed E-state index contributed by atoms with van der Waals surface area (Å²) < 4.78 is 6.00. The van der Waals surface area contributed by atoms with Crippen LogP contribution in [0.15, 0.2) is 34.8 Å². The van der Waals surface area contributed by atoms with Gasteiger partial charge in [0.1, 0.15) is 5.75 Å². The molecule has 0 heterocycles. The molecule has 0 aliphatic rings. The van der Waals surface area contributed by atoms with E-state index in [-0.39, 0.29) is 11.3 Å². The van der Waals surface area contributed by atoms with Crippen molar-refractivity contribution in [1.82, 2.24) is 0 Å². The number of anilines is 1. The van der Waals surface area contributed by atoms with E-state index in [0.29, 0.717) is 32.6 Å². The third-order valence-corrected chi connectivity index (χ3v) is 3.80. The third-order valence-electron chi connectivity index (χ3n) is 2.75. The minimum absolute atomic E-state index is 0.121. The smallest absolute Gasteiger partial charge is 0.259 e. The second kappa shape index (κ2) is 7.22. The van der Waals surface area contributed by atoms with Crippen molar-refractivity contribution in [1.29, 1.82) is 0 Å². The number of aromatic hydroxyl groups is 1. The number of halogens is 3. The first-order valence-corrected chi connectivity index (χ1v) is 7.89. The number of ether oxygens (including phenoxy) is 1. The van der Waals surface area contributed by atoms with Crippen molar-refractivity contribution < 1.29 is 14.6 Å². The van der Waals surface area contributed by atoms with E-state index >= 15 is 0 Å². The zero-order chi connectivity index (χ0) is 16.3. The molecule has 0 bridgehead atoms. The van der Waals surface area contributed by atoms with Gasteiger partial charge in [0.25, 0.3) is 5.91 Å². The molecule has 2 rings (SSSR count). The summed E-state index contributed by atoms with van der Waals surface area (Å²) >= 11 is 15.4. The van der Waals surface area contributed by atoms with Gasteiger partial charge >= 0.3 is 0 Å². The summed E-state index contributed by atoms with van der Waals surface area (Å²) in [5.41, 5.74) is 0.540. The lowest BCUT2D eigenvalue weighted by Crippen LogP contribution is -2.12. The molecule has 0 radical (unpaired) electrons. The number of hydrogen-bond donors (Lipinski definition) is 2. The molecule has 22 heavy (non-hydrogen) atoms. The first-order valence-electron chi connectivity index (χ1n) is 6.34. The number of amides is 1. The predicted octanol–water partition coefficient (Wildman–Crippen LogP) is 5.11. The molecule has 0 fully saturated rings. The van der Waals surface area contributed by atoms with E-state index in [4.69, 9.17) is 27.9 Å².